The smallest absolute Gasteiger partial charge is 0.394 e. The minimum absolute atomic E-state index is 0.0629. The zero-order valence-electron chi connectivity index (χ0n) is 19.2. The summed E-state index contributed by atoms with van der Waals surface area (Å²) in [5.41, 5.74) is 3.87. The van der Waals surface area contributed by atoms with E-state index in [4.69, 9.17) is 26.0 Å². The van der Waals surface area contributed by atoms with E-state index >= 15 is 0 Å². The molecule has 0 aliphatic rings. The summed E-state index contributed by atoms with van der Waals surface area (Å²) in [5.74, 6) is -2.34. The Morgan fingerprint density at radius 3 is 2.40 bits per heavy atom. The van der Waals surface area contributed by atoms with Crippen molar-refractivity contribution in [3.8, 4) is 11.1 Å². The molecule has 0 radical (unpaired) electrons. The summed E-state index contributed by atoms with van der Waals surface area (Å²) in [7, 11) is -3.48. The lowest BCUT2D eigenvalue weighted by molar-refractivity contribution is -0.133. The third-order valence-electron chi connectivity index (χ3n) is 4.96. The summed E-state index contributed by atoms with van der Waals surface area (Å²) in [6, 6.07) is 18.9. The van der Waals surface area contributed by atoms with Gasteiger partial charge in [-0.05, 0) is 54.8 Å². The molecule has 0 unspecified atom stereocenters. The quantitative estimate of drug-likeness (QED) is 0.154. The van der Waals surface area contributed by atoms with Crippen LogP contribution in [-0.4, -0.2) is 33.1 Å². The number of oxime groups is 1. The summed E-state index contributed by atoms with van der Waals surface area (Å²) >= 11 is 5.93. The number of hydrogen-bond donors (Lipinski definition) is 1. The Labute approximate surface area is 208 Å². The Morgan fingerprint density at radius 1 is 1.03 bits per heavy atom. The topological polar surface area (TPSA) is 115 Å². The third-order valence-corrected chi connectivity index (χ3v) is 6.49. The van der Waals surface area contributed by atoms with E-state index in [-0.39, 0.29) is 11.5 Å². The van der Waals surface area contributed by atoms with E-state index in [1.54, 1.807) is 55.5 Å². The van der Waals surface area contributed by atoms with Crippen molar-refractivity contribution in [2.45, 2.75) is 25.3 Å². The number of rotatable bonds is 7. The maximum Gasteiger partial charge on any atom is 0.394 e. The molecule has 0 saturated carbocycles. The minimum atomic E-state index is -4.50. The van der Waals surface area contributed by atoms with Crippen molar-refractivity contribution in [3.05, 3.63) is 88.4 Å². The first-order valence-electron chi connectivity index (χ1n) is 10.3. The van der Waals surface area contributed by atoms with Gasteiger partial charge in [-0.25, -0.2) is 4.79 Å². The Kier molecular flexibility index (Phi) is 8.26. The Balaban J connectivity index is 1.93. The molecule has 3 aromatic carbocycles. The number of esters is 1. The van der Waals surface area contributed by atoms with Crippen LogP contribution < -0.4 is 0 Å². The van der Waals surface area contributed by atoms with Crippen LogP contribution >= 0.6 is 11.6 Å². The van der Waals surface area contributed by atoms with Crippen LogP contribution in [0, 0.1) is 12.3 Å². The number of carbonyl (C=O) groups is 1. The standard InChI is InChI=1S/C25H23ClN2O6S/c1-16-8-13-23(35(30,31)34-24(27)25(29)32-3)22(14-16)21-7-5-4-6-19(21)15-33-28-17(2)18-9-11-20(26)12-10-18/h4-14,27H,15H2,1-3H3/b27-24?,28-17-. The van der Waals surface area contributed by atoms with Gasteiger partial charge < -0.3 is 13.8 Å². The van der Waals surface area contributed by atoms with Gasteiger partial charge in [-0.1, -0.05) is 64.8 Å². The maximum absolute atomic E-state index is 12.9. The molecule has 182 valence electrons. The number of nitrogens with one attached hydrogen (secondary N) is 1. The van der Waals surface area contributed by atoms with E-state index in [1.807, 2.05) is 19.1 Å². The van der Waals surface area contributed by atoms with Gasteiger partial charge in [0.2, 0.25) is 0 Å². The third kappa shape index (κ3) is 6.46. The molecule has 10 heteroatoms. The molecule has 8 nitrogen and oxygen atoms in total. The second-order valence-corrected chi connectivity index (χ2v) is 9.42. The van der Waals surface area contributed by atoms with Gasteiger partial charge >= 0.3 is 22.0 Å². The number of nitrogens with zero attached hydrogens (tertiary/aromatic N) is 1. The molecule has 0 spiro atoms. The molecule has 0 heterocycles. The van der Waals surface area contributed by atoms with Crippen molar-refractivity contribution >= 4 is 39.3 Å². The van der Waals surface area contributed by atoms with Crippen LogP contribution in [0.1, 0.15) is 23.6 Å². The number of aryl methyl sites for hydroxylation is 1. The molecule has 0 fully saturated rings. The lowest BCUT2D eigenvalue weighted by Crippen LogP contribution is -2.22. The molecular weight excluding hydrogens is 492 g/mol. The Hall–Kier alpha value is -3.69. The molecule has 0 saturated heterocycles. The summed E-state index contributed by atoms with van der Waals surface area (Å²) in [6.07, 6.45) is 0. The first kappa shape index (κ1) is 25.9. The number of halogens is 1. The molecule has 3 aromatic rings. The summed E-state index contributed by atoms with van der Waals surface area (Å²) < 4.78 is 34.9. The summed E-state index contributed by atoms with van der Waals surface area (Å²) in [6.45, 7) is 3.68. The number of carbonyl (C=O) groups excluding carboxylic acids is 1. The molecule has 0 bridgehead atoms. The normalized spacial score (nSPS) is 11.6. The molecule has 0 aliphatic carbocycles. The molecule has 35 heavy (non-hydrogen) atoms. The van der Waals surface area contributed by atoms with Crippen LogP contribution in [0.2, 0.25) is 5.02 Å². The van der Waals surface area contributed by atoms with Gasteiger partial charge in [0, 0.05) is 10.6 Å². The van der Waals surface area contributed by atoms with Crippen molar-refractivity contribution in [1.29, 1.82) is 5.41 Å². The fraction of sp³-hybridized carbons (Fsp3) is 0.160. The number of methoxy groups -OCH3 is 1. The van der Waals surface area contributed by atoms with Gasteiger partial charge in [0.25, 0.3) is 0 Å². The first-order chi connectivity index (χ1) is 16.6. The number of ether oxygens (including phenoxy) is 1. The van der Waals surface area contributed by atoms with Gasteiger partial charge in [0.05, 0.1) is 12.8 Å². The van der Waals surface area contributed by atoms with Gasteiger partial charge in [-0.3, -0.25) is 5.41 Å². The van der Waals surface area contributed by atoms with Crippen LogP contribution in [0.3, 0.4) is 0 Å². The zero-order valence-corrected chi connectivity index (χ0v) is 20.8. The van der Waals surface area contributed by atoms with Crippen molar-refractivity contribution in [3.63, 3.8) is 0 Å². The van der Waals surface area contributed by atoms with Crippen molar-refractivity contribution in [2.75, 3.05) is 7.11 Å². The zero-order chi connectivity index (χ0) is 25.6. The predicted octanol–water partition coefficient (Wildman–Crippen LogP) is 5.11. The molecule has 0 atom stereocenters. The second-order valence-electron chi connectivity index (χ2n) is 7.47. The van der Waals surface area contributed by atoms with Gasteiger partial charge in [0.15, 0.2) is 0 Å². The molecule has 3 rings (SSSR count). The Bertz CT molecular complexity index is 1390. The number of hydrogen-bond acceptors (Lipinski definition) is 8. The molecule has 0 amide bonds. The van der Waals surface area contributed by atoms with Gasteiger partial charge in [0.1, 0.15) is 11.5 Å². The fourth-order valence-electron chi connectivity index (χ4n) is 3.20. The molecular formula is C25H23ClN2O6S. The summed E-state index contributed by atoms with van der Waals surface area (Å²) in [4.78, 5) is 16.9. The molecule has 1 N–H and O–H groups in total. The van der Waals surface area contributed by atoms with Crippen LogP contribution in [0.4, 0.5) is 0 Å². The van der Waals surface area contributed by atoms with Crippen molar-refractivity contribution in [1.82, 2.24) is 0 Å². The van der Waals surface area contributed by atoms with Crippen LogP contribution in [0.15, 0.2) is 76.8 Å². The average Bonchev–Trinajstić information content (AvgIpc) is 2.83. The highest BCUT2D eigenvalue weighted by Gasteiger charge is 2.27. The maximum atomic E-state index is 12.9. The van der Waals surface area contributed by atoms with E-state index in [9.17, 15) is 13.2 Å². The second kappa shape index (κ2) is 11.2. The van der Waals surface area contributed by atoms with E-state index in [2.05, 4.69) is 9.89 Å². The first-order valence-corrected chi connectivity index (χ1v) is 12.1. The van der Waals surface area contributed by atoms with Crippen molar-refractivity contribution < 1.29 is 27.0 Å². The predicted molar refractivity (Wildman–Crippen MR) is 133 cm³/mol. The monoisotopic (exact) mass is 514 g/mol. The SMILES string of the molecule is COC(=O)C(=N)OS(=O)(=O)c1ccc(C)cc1-c1ccccc1CO/N=C(/C)c1ccc(Cl)cc1. The van der Waals surface area contributed by atoms with E-state index in [0.29, 0.717) is 27.4 Å². The largest absolute Gasteiger partial charge is 0.462 e. The van der Waals surface area contributed by atoms with Crippen molar-refractivity contribution in [2.24, 2.45) is 5.16 Å². The molecule has 0 aliphatic heterocycles. The highest BCUT2D eigenvalue weighted by atomic mass is 35.5. The van der Waals surface area contributed by atoms with E-state index in [1.165, 1.54) is 6.07 Å². The van der Waals surface area contributed by atoms with Gasteiger partial charge in [-0.2, -0.15) is 8.42 Å². The fourth-order valence-corrected chi connectivity index (χ4v) is 4.38. The van der Waals surface area contributed by atoms with E-state index < -0.39 is 22.0 Å². The minimum Gasteiger partial charge on any atom is -0.462 e. The molecule has 0 aromatic heterocycles. The van der Waals surface area contributed by atoms with Crippen LogP contribution in [0.25, 0.3) is 11.1 Å². The lowest BCUT2D eigenvalue weighted by atomic mass is 9.98. The Morgan fingerprint density at radius 2 is 1.71 bits per heavy atom. The summed E-state index contributed by atoms with van der Waals surface area (Å²) in [5, 5.41) is 12.3. The van der Waals surface area contributed by atoms with Crippen LogP contribution in [0.5, 0.6) is 0 Å². The van der Waals surface area contributed by atoms with Gasteiger partial charge in [-0.15, -0.1) is 0 Å². The lowest BCUT2D eigenvalue weighted by Gasteiger charge is -2.15. The highest BCUT2D eigenvalue weighted by molar-refractivity contribution is 7.87. The highest BCUT2D eigenvalue weighted by Crippen LogP contribution is 2.32. The number of benzene rings is 3. The van der Waals surface area contributed by atoms with E-state index in [0.717, 1.165) is 18.2 Å². The average molecular weight is 515 g/mol. The van der Waals surface area contributed by atoms with Crippen LogP contribution in [-0.2, 0) is 35.3 Å².